The van der Waals surface area contributed by atoms with Crippen LogP contribution in [0.2, 0.25) is 0 Å². The first-order valence-electron chi connectivity index (χ1n) is 8.55. The van der Waals surface area contributed by atoms with E-state index in [0.717, 1.165) is 22.6 Å². The molecule has 0 spiro atoms. The molecule has 3 heteroatoms. The second-order valence-corrected chi connectivity index (χ2v) is 6.95. The lowest BCUT2D eigenvalue weighted by atomic mass is 9.79. The number of carbonyl (C=O) groups excluding carboxylic acids is 1. The molecule has 0 fully saturated rings. The van der Waals surface area contributed by atoms with Crippen LogP contribution >= 0.6 is 0 Å². The molecule has 4 rings (SSSR count). The average molecular weight is 318 g/mol. The summed E-state index contributed by atoms with van der Waals surface area (Å²) in [6, 6.07) is 16.6. The maximum atomic E-state index is 12.9. The zero-order valence-corrected chi connectivity index (χ0v) is 14.0. The number of ketones is 1. The number of rotatable bonds is 1. The standard InChI is InChI=1S/C21H22N2O/c1-13-7-9-15(10-8-13)21-20-18(11-14(2)12-19(20)24)22-16-5-3-4-6-17(16)23-21/h3-11,14,20-23H,12H2,1-2H3/t14-,20+,21+/m1/s1. The predicted octanol–water partition coefficient (Wildman–Crippen LogP) is 4.68. The molecular formula is C21H22N2O. The number of hydrogen-bond acceptors (Lipinski definition) is 3. The van der Waals surface area contributed by atoms with E-state index in [1.807, 2.05) is 12.1 Å². The molecule has 0 saturated carbocycles. The Morgan fingerprint density at radius 3 is 2.46 bits per heavy atom. The van der Waals surface area contributed by atoms with E-state index in [-0.39, 0.29) is 17.9 Å². The summed E-state index contributed by atoms with van der Waals surface area (Å²) in [5.74, 6) is 0.412. The molecule has 122 valence electrons. The number of nitrogens with one attached hydrogen (secondary N) is 2. The zero-order valence-electron chi connectivity index (χ0n) is 14.0. The quantitative estimate of drug-likeness (QED) is 0.802. The van der Waals surface area contributed by atoms with Crippen LogP contribution in [-0.2, 0) is 4.79 Å². The summed E-state index contributed by atoms with van der Waals surface area (Å²) >= 11 is 0. The first-order valence-corrected chi connectivity index (χ1v) is 8.55. The highest BCUT2D eigenvalue weighted by molar-refractivity contribution is 5.89. The summed E-state index contributed by atoms with van der Waals surface area (Å²) in [6.07, 6.45) is 2.83. The largest absolute Gasteiger partial charge is 0.375 e. The third-order valence-electron chi connectivity index (χ3n) is 4.96. The maximum absolute atomic E-state index is 12.9. The average Bonchev–Trinajstić information content (AvgIpc) is 2.72. The molecule has 0 unspecified atom stereocenters. The Morgan fingerprint density at radius 2 is 1.71 bits per heavy atom. The molecule has 2 aliphatic rings. The number of aryl methyl sites for hydroxylation is 1. The van der Waals surface area contributed by atoms with Crippen LogP contribution < -0.4 is 10.6 Å². The fourth-order valence-corrected chi connectivity index (χ4v) is 3.75. The molecule has 2 N–H and O–H groups in total. The molecule has 1 heterocycles. The van der Waals surface area contributed by atoms with Gasteiger partial charge >= 0.3 is 0 Å². The summed E-state index contributed by atoms with van der Waals surface area (Å²) in [5.41, 5.74) is 5.48. The topological polar surface area (TPSA) is 41.1 Å². The van der Waals surface area contributed by atoms with Crippen molar-refractivity contribution in [3.8, 4) is 0 Å². The molecule has 24 heavy (non-hydrogen) atoms. The highest BCUT2D eigenvalue weighted by atomic mass is 16.1. The van der Waals surface area contributed by atoms with Gasteiger partial charge in [0, 0.05) is 12.1 Å². The first kappa shape index (κ1) is 15.0. The molecule has 0 saturated heterocycles. The number of anilines is 2. The smallest absolute Gasteiger partial charge is 0.144 e. The number of fused-ring (bicyclic) bond motifs is 2. The van der Waals surface area contributed by atoms with E-state index in [0.29, 0.717) is 12.2 Å². The molecule has 0 bridgehead atoms. The lowest BCUT2D eigenvalue weighted by Gasteiger charge is -2.31. The monoisotopic (exact) mass is 318 g/mol. The molecule has 0 aromatic heterocycles. The lowest BCUT2D eigenvalue weighted by Crippen LogP contribution is -2.33. The number of allylic oxidation sites excluding steroid dienone is 1. The van der Waals surface area contributed by atoms with Gasteiger partial charge in [-0.25, -0.2) is 0 Å². The van der Waals surface area contributed by atoms with E-state index >= 15 is 0 Å². The Bertz CT molecular complexity index is 807. The molecule has 3 atom stereocenters. The molecule has 2 aromatic carbocycles. The minimum atomic E-state index is -0.170. The summed E-state index contributed by atoms with van der Waals surface area (Å²) in [7, 11) is 0. The van der Waals surface area contributed by atoms with E-state index in [1.54, 1.807) is 0 Å². The van der Waals surface area contributed by atoms with E-state index in [1.165, 1.54) is 5.56 Å². The number of Topliss-reactive ketones (excluding diaryl/α,β-unsaturated/α-hetero) is 1. The van der Waals surface area contributed by atoms with Crippen LogP contribution in [0.4, 0.5) is 11.4 Å². The summed E-state index contributed by atoms with van der Waals surface area (Å²) < 4.78 is 0. The van der Waals surface area contributed by atoms with Gasteiger partial charge in [-0.05, 0) is 30.5 Å². The van der Waals surface area contributed by atoms with Crippen molar-refractivity contribution >= 4 is 17.2 Å². The van der Waals surface area contributed by atoms with Gasteiger partial charge in [0.1, 0.15) is 5.78 Å². The fraction of sp³-hybridized carbons (Fsp3) is 0.286. The third kappa shape index (κ3) is 2.60. The normalized spacial score (nSPS) is 25.5. The van der Waals surface area contributed by atoms with Crippen LogP contribution in [-0.4, -0.2) is 5.78 Å². The minimum absolute atomic E-state index is 0.0481. The Balaban J connectivity index is 1.85. The van der Waals surface area contributed by atoms with Crippen molar-refractivity contribution in [2.24, 2.45) is 11.8 Å². The van der Waals surface area contributed by atoms with Crippen LogP contribution in [0.15, 0.2) is 60.3 Å². The second-order valence-electron chi connectivity index (χ2n) is 6.95. The van der Waals surface area contributed by atoms with E-state index in [9.17, 15) is 4.79 Å². The Morgan fingerprint density at radius 1 is 1.00 bits per heavy atom. The lowest BCUT2D eigenvalue weighted by molar-refractivity contribution is -0.123. The van der Waals surface area contributed by atoms with Gasteiger partial charge in [-0.2, -0.15) is 0 Å². The van der Waals surface area contributed by atoms with Crippen molar-refractivity contribution < 1.29 is 4.79 Å². The molecule has 0 radical (unpaired) electrons. The van der Waals surface area contributed by atoms with Gasteiger partial charge in [0.15, 0.2) is 0 Å². The van der Waals surface area contributed by atoms with Crippen LogP contribution in [0.25, 0.3) is 0 Å². The SMILES string of the molecule is Cc1ccc([C@@H]2Nc3ccccc3NC3=C[C@@H](C)CC(=O)[C@H]32)cc1. The fourth-order valence-electron chi connectivity index (χ4n) is 3.75. The van der Waals surface area contributed by atoms with Crippen molar-refractivity contribution in [3.63, 3.8) is 0 Å². The second kappa shape index (κ2) is 5.82. The maximum Gasteiger partial charge on any atom is 0.144 e. The molecule has 1 aliphatic carbocycles. The predicted molar refractivity (Wildman–Crippen MR) is 98.0 cm³/mol. The van der Waals surface area contributed by atoms with E-state index in [2.05, 4.69) is 67.0 Å². The summed E-state index contributed by atoms with van der Waals surface area (Å²) in [5, 5.41) is 7.13. The van der Waals surface area contributed by atoms with Gasteiger partial charge in [0.2, 0.25) is 0 Å². The summed E-state index contributed by atoms with van der Waals surface area (Å²) in [6.45, 7) is 4.19. The minimum Gasteiger partial charge on any atom is -0.375 e. The van der Waals surface area contributed by atoms with Gasteiger partial charge in [-0.15, -0.1) is 0 Å². The van der Waals surface area contributed by atoms with E-state index in [4.69, 9.17) is 0 Å². The summed E-state index contributed by atoms with van der Waals surface area (Å²) in [4.78, 5) is 12.9. The molecule has 3 nitrogen and oxygen atoms in total. The third-order valence-corrected chi connectivity index (χ3v) is 4.96. The van der Waals surface area contributed by atoms with Crippen molar-refractivity contribution in [1.82, 2.24) is 0 Å². The Kier molecular flexibility index (Phi) is 3.64. The molecular weight excluding hydrogens is 296 g/mol. The van der Waals surface area contributed by atoms with Crippen molar-refractivity contribution in [3.05, 3.63) is 71.4 Å². The van der Waals surface area contributed by atoms with Crippen LogP contribution in [0.1, 0.15) is 30.5 Å². The number of carbonyl (C=O) groups is 1. The van der Waals surface area contributed by atoms with E-state index < -0.39 is 0 Å². The number of hydrogen-bond donors (Lipinski definition) is 2. The number of para-hydroxylation sites is 2. The van der Waals surface area contributed by atoms with Crippen molar-refractivity contribution in [1.29, 1.82) is 0 Å². The van der Waals surface area contributed by atoms with Crippen molar-refractivity contribution in [2.45, 2.75) is 26.3 Å². The van der Waals surface area contributed by atoms with Gasteiger partial charge in [-0.1, -0.05) is 55.0 Å². The van der Waals surface area contributed by atoms with Crippen LogP contribution in [0, 0.1) is 18.8 Å². The molecule has 2 aromatic rings. The Hall–Kier alpha value is -2.55. The van der Waals surface area contributed by atoms with Crippen LogP contribution in [0.3, 0.4) is 0 Å². The molecule has 1 aliphatic heterocycles. The van der Waals surface area contributed by atoms with Gasteiger partial charge in [0.25, 0.3) is 0 Å². The van der Waals surface area contributed by atoms with Gasteiger partial charge in [-0.3, -0.25) is 4.79 Å². The van der Waals surface area contributed by atoms with Gasteiger partial charge in [0.05, 0.1) is 23.3 Å². The Labute approximate surface area is 142 Å². The zero-order chi connectivity index (χ0) is 16.7. The van der Waals surface area contributed by atoms with Gasteiger partial charge < -0.3 is 10.6 Å². The van der Waals surface area contributed by atoms with Crippen LogP contribution in [0.5, 0.6) is 0 Å². The molecule has 0 amide bonds. The first-order chi connectivity index (χ1) is 11.6. The highest BCUT2D eigenvalue weighted by Crippen LogP contribution is 2.42. The number of benzene rings is 2. The highest BCUT2D eigenvalue weighted by Gasteiger charge is 2.38. The van der Waals surface area contributed by atoms with Crippen molar-refractivity contribution in [2.75, 3.05) is 10.6 Å².